The summed E-state index contributed by atoms with van der Waals surface area (Å²) in [6.07, 6.45) is 3.29. The summed E-state index contributed by atoms with van der Waals surface area (Å²) in [5.41, 5.74) is 8.17. The summed E-state index contributed by atoms with van der Waals surface area (Å²) < 4.78 is 103. The zero-order chi connectivity index (χ0) is 57.2. The van der Waals surface area contributed by atoms with Gasteiger partial charge in [0.15, 0.2) is 0 Å². The van der Waals surface area contributed by atoms with Gasteiger partial charge in [-0.05, 0) is 115 Å². The number of azo groups is 4. The van der Waals surface area contributed by atoms with Crippen LogP contribution in [0.5, 0.6) is 0 Å². The van der Waals surface area contributed by atoms with Gasteiger partial charge in [0.05, 0.1) is 64.3 Å². The first-order chi connectivity index (χ1) is 35.8. The number of nitrogens with zero attached hydrogens (tertiary/aromatic N) is 11. The van der Waals surface area contributed by atoms with Crippen molar-refractivity contribution in [3.05, 3.63) is 186 Å². The van der Waals surface area contributed by atoms with Gasteiger partial charge >= 0.3 is 10.6 Å². The van der Waals surface area contributed by atoms with Crippen LogP contribution in [0, 0.1) is 6.92 Å². The SMILES string of the molecule is C.CC.CC.CS(=O)(=O)O.CS(=O)(=O)O.CS(=O)(=O)O.Cc1nc(Cc2ccc(N=Nc3ccc(N=Nc4ccccc4)cc3)cc2)nc(Cc2ccc(N=Nc3ccc(N=Nc4ccccc4)cc3)cc2)n1.O=S(=O)=O. The lowest BCUT2D eigenvalue weighted by molar-refractivity contribution is 0.488. The highest BCUT2D eigenvalue weighted by atomic mass is 32.2. The molecule has 3 N–H and O–H groups in total. The number of benzene rings is 6. The summed E-state index contributed by atoms with van der Waals surface area (Å²) in [6, 6.07) is 49.9. The van der Waals surface area contributed by atoms with Crippen molar-refractivity contribution in [1.82, 2.24) is 15.0 Å². The Morgan fingerprint density at radius 2 is 0.532 bits per heavy atom. The van der Waals surface area contributed by atoms with Gasteiger partial charge in [-0.3, -0.25) is 13.7 Å². The first-order valence-corrected chi connectivity index (χ1v) is 28.8. The minimum Gasteiger partial charge on any atom is -0.286 e. The molecule has 6 aromatic carbocycles. The Bertz CT molecular complexity index is 3130. The van der Waals surface area contributed by atoms with Crippen molar-refractivity contribution in [3.8, 4) is 0 Å². The van der Waals surface area contributed by atoms with Gasteiger partial charge in [0.25, 0.3) is 30.4 Å². The average Bonchev–Trinajstić information content (AvgIpc) is 3.35. The molecule has 23 nitrogen and oxygen atoms in total. The molecule has 1 heterocycles. The number of aromatic nitrogens is 3. The molecule has 412 valence electrons. The quantitative estimate of drug-likeness (QED) is 0.0756. The van der Waals surface area contributed by atoms with Crippen molar-refractivity contribution >= 4 is 86.5 Å². The first-order valence-electron chi connectivity index (χ1n) is 22.2. The molecule has 27 heteroatoms. The molecule has 0 spiro atoms. The lowest BCUT2D eigenvalue weighted by Crippen LogP contribution is -2.06. The molecule has 1 aromatic heterocycles. The van der Waals surface area contributed by atoms with Gasteiger partial charge in [-0.2, -0.15) is 66.2 Å². The Labute approximate surface area is 451 Å². The van der Waals surface area contributed by atoms with Gasteiger partial charge in [0, 0.05) is 12.8 Å². The third-order valence-corrected chi connectivity index (χ3v) is 7.77. The Hall–Kier alpha value is -7.92. The number of rotatable bonds is 12. The van der Waals surface area contributed by atoms with Crippen molar-refractivity contribution in [1.29, 1.82) is 0 Å². The maximum Gasteiger partial charge on any atom is 0.425 e. The molecular formula is C50H61N11O12S4. The van der Waals surface area contributed by atoms with E-state index in [-0.39, 0.29) is 7.43 Å². The summed E-state index contributed by atoms with van der Waals surface area (Å²) in [5.74, 6) is 2.11. The van der Waals surface area contributed by atoms with E-state index in [1.807, 2.05) is 192 Å². The van der Waals surface area contributed by atoms with Crippen LogP contribution < -0.4 is 0 Å². The van der Waals surface area contributed by atoms with Gasteiger partial charge in [-0.1, -0.05) is 95.8 Å². The van der Waals surface area contributed by atoms with E-state index in [9.17, 15) is 25.3 Å². The number of hydrogen-bond donors (Lipinski definition) is 3. The second-order valence-electron chi connectivity index (χ2n) is 14.3. The normalized spacial score (nSPS) is 10.8. The molecule has 77 heavy (non-hydrogen) atoms. The van der Waals surface area contributed by atoms with Gasteiger partial charge in [0.1, 0.15) is 17.5 Å². The van der Waals surface area contributed by atoms with E-state index < -0.39 is 41.0 Å². The lowest BCUT2D eigenvalue weighted by Gasteiger charge is -2.06. The molecule has 0 unspecified atom stereocenters. The van der Waals surface area contributed by atoms with Crippen LogP contribution in [0.3, 0.4) is 0 Å². The third kappa shape index (κ3) is 38.3. The van der Waals surface area contributed by atoms with E-state index >= 15 is 0 Å². The van der Waals surface area contributed by atoms with Crippen molar-refractivity contribution < 1.29 is 51.5 Å². The second-order valence-corrected chi connectivity index (χ2v) is 19.1. The van der Waals surface area contributed by atoms with Crippen molar-refractivity contribution in [2.24, 2.45) is 40.9 Å². The molecule has 0 saturated heterocycles. The third-order valence-electron chi connectivity index (χ3n) is 7.77. The fraction of sp³-hybridized carbons (Fsp3) is 0.220. The molecule has 0 aliphatic rings. The molecule has 0 radical (unpaired) electrons. The van der Waals surface area contributed by atoms with Gasteiger partial charge < -0.3 is 0 Å². The molecule has 0 aliphatic heterocycles. The minimum absolute atomic E-state index is 0. The first kappa shape index (κ1) is 69.1. The predicted molar refractivity (Wildman–Crippen MR) is 297 cm³/mol. The summed E-state index contributed by atoms with van der Waals surface area (Å²) in [4.78, 5) is 13.9. The van der Waals surface area contributed by atoms with Crippen LogP contribution in [-0.2, 0) is 53.8 Å². The molecular weight excluding hydrogens is 1070 g/mol. The van der Waals surface area contributed by atoms with E-state index in [4.69, 9.17) is 31.3 Å². The standard InChI is InChI=1S/C42H33N11.2C2H6.3CH4O3S.CH4.O3S/c1-30-43-41(28-31-12-16-35(17-13-31)48-52-39-24-20-37(21-25-39)50-46-33-8-4-2-5-9-33)45-42(44-30)29-32-14-18-36(19-15-32)49-53-40-26-22-38(23-27-40)51-47-34-10-6-3-7-11-34;2*1-2;3*1-5(2,3)4;;1-4(2)3/h2-27H,28-29H2,1H3;2*1-2H3;3*1H3,(H,2,3,4);1H4;. The van der Waals surface area contributed by atoms with Crippen LogP contribution in [-0.4, -0.2) is 85.3 Å². The molecule has 0 atom stereocenters. The molecule has 0 bridgehead atoms. The highest BCUT2D eigenvalue weighted by Gasteiger charge is 2.08. The van der Waals surface area contributed by atoms with Crippen LogP contribution in [0.15, 0.2) is 199 Å². The fourth-order valence-corrected chi connectivity index (χ4v) is 5.10. The van der Waals surface area contributed by atoms with E-state index in [2.05, 4.69) is 50.9 Å². The molecule has 0 aliphatic carbocycles. The monoisotopic (exact) mass is 1140 g/mol. The zero-order valence-electron chi connectivity index (χ0n) is 42.5. The van der Waals surface area contributed by atoms with E-state index in [1.165, 1.54) is 0 Å². The van der Waals surface area contributed by atoms with Crippen molar-refractivity contribution in [3.63, 3.8) is 0 Å². The Morgan fingerprint density at radius 3 is 0.727 bits per heavy atom. The number of aryl methyl sites for hydroxylation is 1. The van der Waals surface area contributed by atoms with E-state index in [1.54, 1.807) is 0 Å². The van der Waals surface area contributed by atoms with Crippen LogP contribution >= 0.6 is 0 Å². The lowest BCUT2D eigenvalue weighted by atomic mass is 10.1. The highest BCUT2D eigenvalue weighted by molar-refractivity contribution is 7.85. The van der Waals surface area contributed by atoms with Crippen molar-refractivity contribution in [2.75, 3.05) is 18.8 Å². The minimum atomic E-state index is -3.67. The molecule has 7 rings (SSSR count). The largest absolute Gasteiger partial charge is 0.425 e. The molecule has 0 fully saturated rings. The van der Waals surface area contributed by atoms with Gasteiger partial charge in [-0.15, -0.1) is 12.6 Å². The van der Waals surface area contributed by atoms with Crippen LogP contribution in [0.25, 0.3) is 0 Å². The fourth-order valence-electron chi connectivity index (χ4n) is 5.10. The second kappa shape index (κ2) is 36.9. The average molecular weight is 1140 g/mol. The summed E-state index contributed by atoms with van der Waals surface area (Å²) >= 11 is 0. The maximum atomic E-state index is 9.19. The van der Waals surface area contributed by atoms with Gasteiger partial charge in [0.2, 0.25) is 0 Å². The molecule has 0 amide bonds. The Kier molecular flexibility index (Phi) is 33.1. The van der Waals surface area contributed by atoms with Crippen molar-refractivity contribution in [2.45, 2.75) is 54.9 Å². The Balaban J connectivity index is 0.00000205. The molecule has 0 saturated carbocycles. The Morgan fingerprint density at radius 1 is 0.364 bits per heavy atom. The smallest absolute Gasteiger partial charge is 0.286 e. The summed E-state index contributed by atoms with van der Waals surface area (Å²) in [7, 11) is -14.1. The topological polar surface area (TPSA) is 352 Å². The van der Waals surface area contributed by atoms with E-state index in [0.29, 0.717) is 49.1 Å². The van der Waals surface area contributed by atoms with Gasteiger partial charge in [-0.25, -0.2) is 15.0 Å². The summed E-state index contributed by atoms with van der Waals surface area (Å²) in [5, 5.41) is 34.5. The number of hydrogen-bond acceptors (Lipinski definition) is 20. The van der Waals surface area contributed by atoms with Crippen LogP contribution in [0.4, 0.5) is 45.5 Å². The van der Waals surface area contributed by atoms with Crippen LogP contribution in [0.2, 0.25) is 0 Å². The van der Waals surface area contributed by atoms with Crippen LogP contribution in [0.1, 0.15) is 63.7 Å². The highest BCUT2D eigenvalue weighted by Crippen LogP contribution is 2.26. The zero-order valence-corrected chi connectivity index (χ0v) is 45.8. The summed E-state index contributed by atoms with van der Waals surface area (Å²) in [6.45, 7) is 9.89. The maximum absolute atomic E-state index is 9.19. The predicted octanol–water partition coefficient (Wildman–Crippen LogP) is 13.2. The molecule has 7 aromatic rings. The van der Waals surface area contributed by atoms with E-state index in [0.717, 1.165) is 56.6 Å².